The first-order valence-corrected chi connectivity index (χ1v) is 9.56. The maximum absolute atomic E-state index is 12.1. The van der Waals surface area contributed by atoms with Crippen LogP contribution in [0.15, 0.2) is 24.3 Å². The van der Waals surface area contributed by atoms with Crippen molar-refractivity contribution in [1.29, 1.82) is 0 Å². The van der Waals surface area contributed by atoms with E-state index in [-0.39, 0.29) is 30.8 Å². The predicted octanol–water partition coefficient (Wildman–Crippen LogP) is 0.770. The first-order valence-electron chi connectivity index (χ1n) is 7.91. The fourth-order valence-electron chi connectivity index (χ4n) is 1.77. The zero-order chi connectivity index (χ0) is 18.2. The van der Waals surface area contributed by atoms with Crippen molar-refractivity contribution in [2.24, 2.45) is 0 Å². The van der Waals surface area contributed by atoms with E-state index >= 15 is 0 Å². The summed E-state index contributed by atoms with van der Waals surface area (Å²) in [5, 5.41) is 5.49. The van der Waals surface area contributed by atoms with E-state index in [1.54, 1.807) is 24.3 Å². The van der Waals surface area contributed by atoms with E-state index in [1.807, 2.05) is 13.8 Å². The standard InChI is InChI=1S/C16H25N3O4S/c1-4-12(3)19-16(21)14-8-6-7-13(9-14)10-17-15(20)11-18-24(22,23)5-2/h6-9,12,18H,4-5,10-11H2,1-3H3,(H,17,20)(H,19,21)/t12-/m0/s1. The van der Waals surface area contributed by atoms with E-state index in [2.05, 4.69) is 15.4 Å². The molecule has 0 bridgehead atoms. The lowest BCUT2D eigenvalue weighted by atomic mass is 10.1. The van der Waals surface area contributed by atoms with Gasteiger partial charge in [-0.3, -0.25) is 9.59 Å². The molecule has 0 aliphatic rings. The highest BCUT2D eigenvalue weighted by atomic mass is 32.2. The van der Waals surface area contributed by atoms with Gasteiger partial charge < -0.3 is 10.6 Å². The second kappa shape index (κ2) is 9.39. The van der Waals surface area contributed by atoms with Crippen molar-refractivity contribution >= 4 is 21.8 Å². The Balaban J connectivity index is 2.56. The van der Waals surface area contributed by atoms with Crippen LogP contribution in [0.2, 0.25) is 0 Å². The molecular weight excluding hydrogens is 330 g/mol. The lowest BCUT2D eigenvalue weighted by Crippen LogP contribution is -2.37. The first kappa shape index (κ1) is 20.1. The topological polar surface area (TPSA) is 104 Å². The summed E-state index contributed by atoms with van der Waals surface area (Å²) in [6, 6.07) is 7.03. The van der Waals surface area contributed by atoms with Crippen LogP contribution in [0.3, 0.4) is 0 Å². The van der Waals surface area contributed by atoms with E-state index in [0.717, 1.165) is 12.0 Å². The highest BCUT2D eigenvalue weighted by Crippen LogP contribution is 2.06. The number of hydrogen-bond acceptors (Lipinski definition) is 4. The third-order valence-electron chi connectivity index (χ3n) is 3.50. The fourth-order valence-corrected chi connectivity index (χ4v) is 2.33. The van der Waals surface area contributed by atoms with E-state index in [1.165, 1.54) is 6.92 Å². The van der Waals surface area contributed by atoms with Crippen molar-refractivity contribution in [2.75, 3.05) is 12.3 Å². The van der Waals surface area contributed by atoms with Crippen LogP contribution in [0.25, 0.3) is 0 Å². The third kappa shape index (κ3) is 7.10. The summed E-state index contributed by atoms with van der Waals surface area (Å²) in [7, 11) is -3.39. The maximum atomic E-state index is 12.1. The number of carbonyl (C=O) groups excluding carboxylic acids is 2. The highest BCUT2D eigenvalue weighted by Gasteiger charge is 2.11. The number of hydrogen-bond donors (Lipinski definition) is 3. The van der Waals surface area contributed by atoms with E-state index in [9.17, 15) is 18.0 Å². The molecule has 2 amide bonds. The molecule has 1 atom stereocenters. The summed E-state index contributed by atoms with van der Waals surface area (Å²) < 4.78 is 24.7. The molecule has 0 aliphatic heterocycles. The highest BCUT2D eigenvalue weighted by molar-refractivity contribution is 7.89. The molecule has 3 N–H and O–H groups in total. The zero-order valence-electron chi connectivity index (χ0n) is 14.3. The van der Waals surface area contributed by atoms with Gasteiger partial charge in [0.15, 0.2) is 0 Å². The summed E-state index contributed by atoms with van der Waals surface area (Å²) in [5.74, 6) is -0.664. The minimum absolute atomic E-state index is 0.0758. The van der Waals surface area contributed by atoms with Crippen molar-refractivity contribution in [3.63, 3.8) is 0 Å². The summed E-state index contributed by atoms with van der Waals surface area (Å²) >= 11 is 0. The molecule has 1 rings (SSSR count). The van der Waals surface area contributed by atoms with Gasteiger partial charge in [-0.05, 0) is 38.0 Å². The quantitative estimate of drug-likeness (QED) is 0.608. The lowest BCUT2D eigenvalue weighted by molar-refractivity contribution is -0.120. The SMILES string of the molecule is CC[C@H](C)NC(=O)c1cccc(CNC(=O)CNS(=O)(=O)CC)c1. The molecule has 7 nitrogen and oxygen atoms in total. The van der Waals surface area contributed by atoms with Gasteiger partial charge >= 0.3 is 0 Å². The molecule has 0 aliphatic carbocycles. The van der Waals surface area contributed by atoms with Gasteiger partial charge in [0.25, 0.3) is 5.91 Å². The summed E-state index contributed by atoms with van der Waals surface area (Å²) in [6.45, 7) is 5.33. The van der Waals surface area contributed by atoms with Gasteiger partial charge in [-0.1, -0.05) is 19.1 Å². The Kier molecular flexibility index (Phi) is 7.87. The molecule has 0 radical (unpaired) electrons. The molecule has 0 spiro atoms. The van der Waals surface area contributed by atoms with Crippen LogP contribution >= 0.6 is 0 Å². The maximum Gasteiger partial charge on any atom is 0.251 e. The van der Waals surface area contributed by atoms with E-state index in [0.29, 0.717) is 5.56 Å². The molecule has 0 fully saturated rings. The Morgan fingerprint density at radius 2 is 1.92 bits per heavy atom. The summed E-state index contributed by atoms with van der Waals surface area (Å²) in [6.07, 6.45) is 0.842. The van der Waals surface area contributed by atoms with Crippen molar-refractivity contribution in [3.05, 3.63) is 35.4 Å². The molecule has 134 valence electrons. The third-order valence-corrected chi connectivity index (χ3v) is 4.85. The Bertz CT molecular complexity index is 674. The second-order valence-electron chi connectivity index (χ2n) is 5.48. The van der Waals surface area contributed by atoms with Gasteiger partial charge in [-0.25, -0.2) is 13.1 Å². The number of nitrogens with one attached hydrogen (secondary N) is 3. The molecule has 0 heterocycles. The molecular formula is C16H25N3O4S. The average molecular weight is 355 g/mol. The van der Waals surface area contributed by atoms with Gasteiger partial charge in [0, 0.05) is 18.2 Å². The molecule has 0 unspecified atom stereocenters. The molecule has 8 heteroatoms. The van der Waals surface area contributed by atoms with Gasteiger partial charge in [0.1, 0.15) is 0 Å². The number of carbonyl (C=O) groups is 2. The Morgan fingerprint density at radius 3 is 2.54 bits per heavy atom. The predicted molar refractivity (Wildman–Crippen MR) is 93.0 cm³/mol. The number of benzene rings is 1. The minimum Gasteiger partial charge on any atom is -0.351 e. The Hall–Kier alpha value is -1.93. The van der Waals surface area contributed by atoms with Gasteiger partial charge in [0.2, 0.25) is 15.9 Å². The van der Waals surface area contributed by atoms with Crippen LogP contribution in [0.1, 0.15) is 43.1 Å². The normalized spacial score (nSPS) is 12.5. The molecule has 0 aromatic heterocycles. The minimum atomic E-state index is -3.39. The van der Waals surface area contributed by atoms with E-state index in [4.69, 9.17) is 0 Å². The Labute approximate surface area is 143 Å². The van der Waals surface area contributed by atoms with Gasteiger partial charge in [0.05, 0.1) is 12.3 Å². The monoisotopic (exact) mass is 355 g/mol. The largest absolute Gasteiger partial charge is 0.351 e. The smallest absolute Gasteiger partial charge is 0.251 e. The summed E-state index contributed by atoms with van der Waals surface area (Å²) in [4.78, 5) is 23.7. The van der Waals surface area contributed by atoms with Gasteiger partial charge in [-0.15, -0.1) is 0 Å². The van der Waals surface area contributed by atoms with Crippen molar-refractivity contribution in [2.45, 2.75) is 39.8 Å². The van der Waals surface area contributed by atoms with Crippen LogP contribution in [-0.2, 0) is 21.4 Å². The van der Waals surface area contributed by atoms with Crippen LogP contribution < -0.4 is 15.4 Å². The molecule has 0 saturated heterocycles. The van der Waals surface area contributed by atoms with Crippen molar-refractivity contribution < 1.29 is 18.0 Å². The second-order valence-corrected chi connectivity index (χ2v) is 7.58. The Morgan fingerprint density at radius 1 is 1.21 bits per heavy atom. The average Bonchev–Trinajstić information content (AvgIpc) is 2.58. The number of amides is 2. The van der Waals surface area contributed by atoms with E-state index < -0.39 is 15.9 Å². The van der Waals surface area contributed by atoms with Crippen LogP contribution in [-0.4, -0.2) is 38.6 Å². The first-order chi connectivity index (χ1) is 11.3. The van der Waals surface area contributed by atoms with Crippen LogP contribution in [0.4, 0.5) is 0 Å². The van der Waals surface area contributed by atoms with Crippen LogP contribution in [0.5, 0.6) is 0 Å². The number of sulfonamides is 1. The number of rotatable bonds is 9. The molecule has 0 saturated carbocycles. The van der Waals surface area contributed by atoms with Crippen molar-refractivity contribution in [3.8, 4) is 0 Å². The molecule has 1 aromatic rings. The summed E-state index contributed by atoms with van der Waals surface area (Å²) in [5.41, 5.74) is 1.28. The molecule has 24 heavy (non-hydrogen) atoms. The van der Waals surface area contributed by atoms with Crippen molar-refractivity contribution in [1.82, 2.24) is 15.4 Å². The fraction of sp³-hybridized carbons (Fsp3) is 0.500. The lowest BCUT2D eigenvalue weighted by Gasteiger charge is -2.12. The zero-order valence-corrected chi connectivity index (χ0v) is 15.1. The molecule has 1 aromatic carbocycles. The van der Waals surface area contributed by atoms with Crippen LogP contribution in [0, 0.1) is 0 Å². The van der Waals surface area contributed by atoms with Gasteiger partial charge in [-0.2, -0.15) is 0 Å².